The first-order valence-electron chi connectivity index (χ1n) is 7.74. The van der Waals surface area contributed by atoms with Crippen molar-refractivity contribution in [3.8, 4) is 0 Å². The summed E-state index contributed by atoms with van der Waals surface area (Å²) in [6.07, 6.45) is 9.95. The Morgan fingerprint density at radius 3 is 2.85 bits per heavy atom. The van der Waals surface area contributed by atoms with Crippen LogP contribution in [0.3, 0.4) is 0 Å². The highest BCUT2D eigenvalue weighted by molar-refractivity contribution is 5.69. The van der Waals surface area contributed by atoms with Crippen LogP contribution in [-0.2, 0) is 16.1 Å². The number of hydrogen-bond acceptors (Lipinski definition) is 3. The second-order valence-electron chi connectivity index (χ2n) is 5.19. The van der Waals surface area contributed by atoms with Crippen LogP contribution < -0.4 is 5.73 Å². The molecule has 4 nitrogen and oxygen atoms in total. The normalized spacial score (nSPS) is 12.3. The molecule has 1 aromatic rings. The van der Waals surface area contributed by atoms with Crippen LogP contribution in [-0.4, -0.2) is 17.1 Å². The number of aromatic nitrogens is 1. The fourth-order valence-corrected chi connectivity index (χ4v) is 2.27. The first kappa shape index (κ1) is 16.8. The Bertz CT molecular complexity index is 388. The Morgan fingerprint density at radius 1 is 1.35 bits per heavy atom. The minimum atomic E-state index is -0.0821. The number of hydrogen-bond donors (Lipinski definition) is 1. The Labute approximate surface area is 122 Å². The van der Waals surface area contributed by atoms with E-state index in [0.29, 0.717) is 13.0 Å². The molecule has 0 aliphatic heterocycles. The van der Waals surface area contributed by atoms with Gasteiger partial charge in [-0.15, -0.1) is 0 Å². The van der Waals surface area contributed by atoms with Crippen molar-refractivity contribution in [2.24, 2.45) is 5.73 Å². The molecule has 20 heavy (non-hydrogen) atoms. The molecule has 0 bridgehead atoms. The van der Waals surface area contributed by atoms with Gasteiger partial charge < -0.3 is 15.0 Å². The summed E-state index contributed by atoms with van der Waals surface area (Å²) in [6, 6.07) is 2.27. The zero-order valence-corrected chi connectivity index (χ0v) is 12.8. The summed E-state index contributed by atoms with van der Waals surface area (Å²) in [5.41, 5.74) is 7.31. The maximum atomic E-state index is 11.2. The van der Waals surface area contributed by atoms with Crippen molar-refractivity contribution in [3.63, 3.8) is 0 Å². The summed E-state index contributed by atoms with van der Waals surface area (Å²) >= 11 is 0. The van der Waals surface area contributed by atoms with Gasteiger partial charge in [-0.2, -0.15) is 0 Å². The molecule has 1 heterocycles. The van der Waals surface area contributed by atoms with Crippen molar-refractivity contribution < 1.29 is 9.53 Å². The van der Waals surface area contributed by atoms with Gasteiger partial charge in [-0.3, -0.25) is 4.79 Å². The summed E-state index contributed by atoms with van der Waals surface area (Å²) in [5, 5.41) is 0. The summed E-state index contributed by atoms with van der Waals surface area (Å²) in [5.74, 6) is -0.0821. The van der Waals surface area contributed by atoms with E-state index in [1.807, 2.05) is 6.92 Å². The fraction of sp³-hybridized carbons (Fsp3) is 0.688. The molecule has 0 saturated carbocycles. The second-order valence-corrected chi connectivity index (χ2v) is 5.19. The number of nitrogens with two attached hydrogens (primary N) is 1. The van der Waals surface area contributed by atoms with E-state index in [1.165, 1.54) is 5.56 Å². The number of carbonyl (C=O) groups excluding carboxylic acids is 1. The van der Waals surface area contributed by atoms with Crippen LogP contribution in [0.25, 0.3) is 0 Å². The highest BCUT2D eigenvalue weighted by Crippen LogP contribution is 2.16. The Hall–Kier alpha value is -1.29. The number of unbranched alkanes of at least 4 members (excludes halogenated alkanes) is 2. The van der Waals surface area contributed by atoms with Crippen LogP contribution in [0.2, 0.25) is 0 Å². The van der Waals surface area contributed by atoms with Crippen LogP contribution in [0.1, 0.15) is 64.0 Å². The predicted molar refractivity (Wildman–Crippen MR) is 81.4 cm³/mol. The summed E-state index contributed by atoms with van der Waals surface area (Å²) in [4.78, 5) is 11.2. The fourth-order valence-electron chi connectivity index (χ4n) is 2.27. The number of esters is 1. The quantitative estimate of drug-likeness (QED) is 0.528. The standard InChI is InChI=1S/C16H28N2O2/c1-3-8-15(17)14-10-12-18(13-14)11-7-5-6-9-16(19)20-4-2/h10,12-13,15H,3-9,11,17H2,1-2H3. The number of nitrogens with zero attached hydrogens (tertiary/aromatic N) is 1. The molecular weight excluding hydrogens is 252 g/mol. The highest BCUT2D eigenvalue weighted by Gasteiger charge is 2.06. The number of ether oxygens (including phenoxy) is 1. The van der Waals surface area contributed by atoms with E-state index in [2.05, 4.69) is 30.0 Å². The first-order chi connectivity index (χ1) is 9.67. The lowest BCUT2D eigenvalue weighted by molar-refractivity contribution is -0.143. The zero-order chi connectivity index (χ0) is 14.8. The van der Waals surface area contributed by atoms with Crippen LogP contribution in [0, 0.1) is 0 Å². The molecular formula is C16H28N2O2. The van der Waals surface area contributed by atoms with Gasteiger partial charge in [-0.05, 0) is 37.8 Å². The number of aryl methyl sites for hydroxylation is 1. The monoisotopic (exact) mass is 280 g/mol. The van der Waals surface area contributed by atoms with Crippen molar-refractivity contribution in [2.75, 3.05) is 6.61 Å². The van der Waals surface area contributed by atoms with E-state index in [-0.39, 0.29) is 12.0 Å². The molecule has 2 N–H and O–H groups in total. The second kappa shape index (κ2) is 9.59. The van der Waals surface area contributed by atoms with Gasteiger partial charge in [-0.1, -0.05) is 19.8 Å². The molecule has 1 unspecified atom stereocenters. The molecule has 1 rings (SSSR count). The van der Waals surface area contributed by atoms with Gasteiger partial charge in [0.1, 0.15) is 0 Å². The summed E-state index contributed by atoms with van der Waals surface area (Å²) < 4.78 is 7.09. The van der Waals surface area contributed by atoms with Crippen LogP contribution in [0.15, 0.2) is 18.5 Å². The van der Waals surface area contributed by atoms with Crippen molar-refractivity contribution in [3.05, 3.63) is 24.0 Å². The topological polar surface area (TPSA) is 57.2 Å². The van der Waals surface area contributed by atoms with Gasteiger partial charge >= 0.3 is 5.97 Å². The maximum Gasteiger partial charge on any atom is 0.305 e. The van der Waals surface area contributed by atoms with Crippen LogP contribution >= 0.6 is 0 Å². The third-order valence-corrected chi connectivity index (χ3v) is 3.40. The van der Waals surface area contributed by atoms with E-state index in [9.17, 15) is 4.79 Å². The van der Waals surface area contributed by atoms with E-state index in [1.54, 1.807) is 0 Å². The van der Waals surface area contributed by atoms with Gasteiger partial charge in [0.25, 0.3) is 0 Å². The first-order valence-corrected chi connectivity index (χ1v) is 7.74. The Balaban J connectivity index is 2.18. The smallest absolute Gasteiger partial charge is 0.305 e. The van der Waals surface area contributed by atoms with Crippen LogP contribution in [0.4, 0.5) is 0 Å². The molecule has 0 aliphatic rings. The van der Waals surface area contributed by atoms with E-state index in [4.69, 9.17) is 10.5 Å². The molecule has 1 atom stereocenters. The SMILES string of the molecule is CCCC(N)c1ccn(CCCCCC(=O)OCC)c1. The van der Waals surface area contributed by atoms with E-state index >= 15 is 0 Å². The lowest BCUT2D eigenvalue weighted by Gasteiger charge is -2.07. The molecule has 1 aromatic heterocycles. The highest BCUT2D eigenvalue weighted by atomic mass is 16.5. The average molecular weight is 280 g/mol. The molecule has 0 spiro atoms. The molecule has 4 heteroatoms. The molecule has 0 saturated heterocycles. The minimum Gasteiger partial charge on any atom is -0.466 e. The third-order valence-electron chi connectivity index (χ3n) is 3.40. The lowest BCUT2D eigenvalue weighted by atomic mass is 10.1. The zero-order valence-electron chi connectivity index (χ0n) is 12.8. The molecule has 0 aliphatic carbocycles. The predicted octanol–water partition coefficient (Wildman–Crippen LogP) is 3.41. The number of carbonyl (C=O) groups is 1. The van der Waals surface area contributed by atoms with Gasteiger partial charge in [0.15, 0.2) is 0 Å². The third kappa shape index (κ3) is 6.24. The maximum absolute atomic E-state index is 11.2. The number of rotatable bonds is 10. The van der Waals surface area contributed by atoms with Gasteiger partial charge in [-0.25, -0.2) is 0 Å². The summed E-state index contributed by atoms with van der Waals surface area (Å²) in [7, 11) is 0. The lowest BCUT2D eigenvalue weighted by Crippen LogP contribution is -2.08. The molecule has 0 radical (unpaired) electrons. The van der Waals surface area contributed by atoms with Gasteiger partial charge in [0.2, 0.25) is 0 Å². The van der Waals surface area contributed by atoms with Crippen molar-refractivity contribution in [1.82, 2.24) is 4.57 Å². The molecule has 0 amide bonds. The summed E-state index contributed by atoms with van der Waals surface area (Å²) in [6.45, 7) is 5.45. The van der Waals surface area contributed by atoms with E-state index in [0.717, 1.165) is 38.6 Å². The molecule has 0 fully saturated rings. The minimum absolute atomic E-state index is 0.0821. The molecule has 0 aromatic carbocycles. The Kier molecular flexibility index (Phi) is 8.04. The van der Waals surface area contributed by atoms with E-state index < -0.39 is 0 Å². The van der Waals surface area contributed by atoms with Gasteiger partial charge in [0, 0.05) is 31.4 Å². The average Bonchev–Trinajstić information content (AvgIpc) is 2.88. The largest absolute Gasteiger partial charge is 0.466 e. The van der Waals surface area contributed by atoms with Crippen LogP contribution in [0.5, 0.6) is 0 Å². The Morgan fingerprint density at radius 2 is 2.15 bits per heavy atom. The molecule has 114 valence electrons. The van der Waals surface area contributed by atoms with Crippen molar-refractivity contribution in [2.45, 2.75) is 65.0 Å². The van der Waals surface area contributed by atoms with Crippen molar-refractivity contribution >= 4 is 5.97 Å². The van der Waals surface area contributed by atoms with Crippen molar-refractivity contribution in [1.29, 1.82) is 0 Å². The van der Waals surface area contributed by atoms with Gasteiger partial charge in [0.05, 0.1) is 6.61 Å².